The number of rotatable bonds is 3. The summed E-state index contributed by atoms with van der Waals surface area (Å²) in [5.74, 6) is 0.750. The minimum atomic E-state index is -3.77. The van der Waals surface area contributed by atoms with Gasteiger partial charge in [-0.3, -0.25) is 4.79 Å². The van der Waals surface area contributed by atoms with Crippen molar-refractivity contribution < 1.29 is 13.2 Å². The number of halogens is 1. The number of amides is 1. The van der Waals surface area contributed by atoms with Gasteiger partial charge in [0, 0.05) is 31.1 Å². The molecule has 6 nitrogen and oxygen atoms in total. The van der Waals surface area contributed by atoms with E-state index in [1.54, 1.807) is 12.1 Å². The predicted molar refractivity (Wildman–Crippen MR) is 110 cm³/mol. The molecule has 2 aromatic carbocycles. The van der Waals surface area contributed by atoms with Crippen LogP contribution < -0.4 is 10.5 Å². The summed E-state index contributed by atoms with van der Waals surface area (Å²) in [5.41, 5.74) is 2.84. The molecule has 150 valence electrons. The van der Waals surface area contributed by atoms with Gasteiger partial charge in [-0.1, -0.05) is 24.3 Å². The molecule has 3 atom stereocenters. The van der Waals surface area contributed by atoms with Gasteiger partial charge in [0.2, 0.25) is 10.0 Å². The fraction of sp³-hybridized carbons (Fsp3) is 0.350. The van der Waals surface area contributed by atoms with Crippen LogP contribution in [0.5, 0.6) is 0 Å². The monoisotopic (exact) mass is 421 g/mol. The van der Waals surface area contributed by atoms with E-state index < -0.39 is 10.0 Å². The number of sulfonamides is 1. The maximum atomic E-state index is 13.3. The van der Waals surface area contributed by atoms with Gasteiger partial charge < -0.3 is 10.2 Å². The Balaban J connectivity index is 0.00000225. The first-order valence-electron chi connectivity index (χ1n) is 9.06. The third-order valence-electron chi connectivity index (χ3n) is 5.76. The molecular formula is C20H24ClN3O3S. The van der Waals surface area contributed by atoms with Crippen molar-refractivity contribution in [1.82, 2.24) is 10.2 Å². The first-order chi connectivity index (χ1) is 12.9. The molecule has 2 aliphatic rings. The van der Waals surface area contributed by atoms with Crippen LogP contribution in [0.15, 0.2) is 53.4 Å². The molecule has 0 unspecified atom stereocenters. The SMILES string of the molecule is Cc1ccccc1[C@H]1[C@H]2CNC[C@H]2CN1C(=O)c1ccc(S(N)(=O)=O)cc1.Cl. The van der Waals surface area contributed by atoms with Crippen LogP contribution in [0.3, 0.4) is 0 Å². The Morgan fingerprint density at radius 3 is 2.43 bits per heavy atom. The number of carbonyl (C=O) groups is 1. The topological polar surface area (TPSA) is 92.5 Å². The molecule has 2 aliphatic heterocycles. The number of nitrogens with two attached hydrogens (primary N) is 1. The maximum Gasteiger partial charge on any atom is 0.254 e. The van der Waals surface area contributed by atoms with E-state index >= 15 is 0 Å². The quantitative estimate of drug-likeness (QED) is 0.793. The minimum Gasteiger partial charge on any atom is -0.331 e. The number of carbonyl (C=O) groups excluding carboxylic acids is 1. The van der Waals surface area contributed by atoms with E-state index in [-0.39, 0.29) is 29.3 Å². The van der Waals surface area contributed by atoms with Crippen molar-refractivity contribution in [2.75, 3.05) is 19.6 Å². The fourth-order valence-corrected chi connectivity index (χ4v) is 4.92. The van der Waals surface area contributed by atoms with Gasteiger partial charge in [0.15, 0.2) is 0 Å². The van der Waals surface area contributed by atoms with Gasteiger partial charge in [0.1, 0.15) is 0 Å². The van der Waals surface area contributed by atoms with E-state index in [4.69, 9.17) is 5.14 Å². The van der Waals surface area contributed by atoms with Gasteiger partial charge in [-0.15, -0.1) is 12.4 Å². The maximum absolute atomic E-state index is 13.3. The summed E-state index contributed by atoms with van der Waals surface area (Å²) in [6.07, 6.45) is 0. The van der Waals surface area contributed by atoms with Crippen molar-refractivity contribution in [3.05, 3.63) is 65.2 Å². The van der Waals surface area contributed by atoms with E-state index in [0.29, 0.717) is 23.9 Å². The predicted octanol–water partition coefficient (Wildman–Crippen LogP) is 2.10. The molecule has 4 rings (SSSR count). The zero-order chi connectivity index (χ0) is 19.2. The Kier molecular flexibility index (Phi) is 5.82. The molecule has 2 aromatic rings. The lowest BCUT2D eigenvalue weighted by Crippen LogP contribution is -2.35. The molecule has 2 saturated heterocycles. The smallest absolute Gasteiger partial charge is 0.254 e. The summed E-state index contributed by atoms with van der Waals surface area (Å²) in [6.45, 7) is 4.60. The first-order valence-corrected chi connectivity index (χ1v) is 10.6. The number of hydrogen-bond donors (Lipinski definition) is 2. The van der Waals surface area contributed by atoms with Crippen LogP contribution in [0.1, 0.15) is 27.5 Å². The van der Waals surface area contributed by atoms with Gasteiger partial charge in [-0.2, -0.15) is 0 Å². The highest BCUT2D eigenvalue weighted by atomic mass is 35.5. The van der Waals surface area contributed by atoms with E-state index in [0.717, 1.165) is 13.1 Å². The van der Waals surface area contributed by atoms with Crippen molar-refractivity contribution in [3.63, 3.8) is 0 Å². The van der Waals surface area contributed by atoms with Crippen molar-refractivity contribution in [1.29, 1.82) is 0 Å². The first kappa shape index (κ1) is 20.8. The Labute approximate surface area is 171 Å². The summed E-state index contributed by atoms with van der Waals surface area (Å²) in [7, 11) is -3.77. The van der Waals surface area contributed by atoms with Crippen LogP contribution in [0.25, 0.3) is 0 Å². The van der Waals surface area contributed by atoms with Crippen LogP contribution in [0.2, 0.25) is 0 Å². The average molecular weight is 422 g/mol. The summed E-state index contributed by atoms with van der Waals surface area (Å²) >= 11 is 0. The third kappa shape index (κ3) is 3.67. The van der Waals surface area contributed by atoms with Crippen LogP contribution in [0.4, 0.5) is 0 Å². The van der Waals surface area contributed by atoms with E-state index in [2.05, 4.69) is 24.4 Å². The second-order valence-electron chi connectivity index (χ2n) is 7.41. The van der Waals surface area contributed by atoms with E-state index in [1.165, 1.54) is 23.3 Å². The summed E-state index contributed by atoms with van der Waals surface area (Å²) < 4.78 is 22.9. The van der Waals surface area contributed by atoms with Crippen LogP contribution in [-0.4, -0.2) is 38.9 Å². The number of primary sulfonamides is 1. The van der Waals surface area contributed by atoms with Gasteiger partial charge in [-0.25, -0.2) is 13.6 Å². The lowest BCUT2D eigenvalue weighted by atomic mass is 9.87. The largest absolute Gasteiger partial charge is 0.331 e. The average Bonchev–Trinajstić information content (AvgIpc) is 3.22. The van der Waals surface area contributed by atoms with Crippen molar-refractivity contribution in [2.24, 2.45) is 17.0 Å². The Hall–Kier alpha value is -1.93. The lowest BCUT2D eigenvalue weighted by molar-refractivity contribution is 0.0713. The van der Waals surface area contributed by atoms with Gasteiger partial charge in [0.25, 0.3) is 5.91 Å². The molecule has 2 heterocycles. The third-order valence-corrected chi connectivity index (χ3v) is 6.69. The Morgan fingerprint density at radius 2 is 1.79 bits per heavy atom. The number of nitrogens with one attached hydrogen (secondary N) is 1. The van der Waals surface area contributed by atoms with Gasteiger partial charge >= 0.3 is 0 Å². The number of likely N-dealkylation sites (tertiary alicyclic amines) is 1. The van der Waals surface area contributed by atoms with Crippen LogP contribution >= 0.6 is 12.4 Å². The normalized spacial score (nSPS) is 23.9. The fourth-order valence-electron chi connectivity index (χ4n) is 4.40. The number of hydrogen-bond acceptors (Lipinski definition) is 4. The summed E-state index contributed by atoms with van der Waals surface area (Å²) in [4.78, 5) is 15.2. The molecule has 0 aliphatic carbocycles. The highest BCUT2D eigenvalue weighted by Gasteiger charge is 2.47. The highest BCUT2D eigenvalue weighted by Crippen LogP contribution is 2.44. The van der Waals surface area contributed by atoms with Crippen LogP contribution in [0, 0.1) is 18.8 Å². The Morgan fingerprint density at radius 1 is 1.11 bits per heavy atom. The van der Waals surface area contributed by atoms with Crippen LogP contribution in [-0.2, 0) is 10.0 Å². The molecule has 0 aromatic heterocycles. The molecule has 0 spiro atoms. The second-order valence-corrected chi connectivity index (χ2v) is 8.97. The standard InChI is InChI=1S/C20H23N3O3S.ClH/c1-13-4-2-3-5-17(13)19-18-11-22-10-15(18)12-23(19)20(24)14-6-8-16(9-7-14)27(21,25)26;/h2-9,15,18-19,22H,10-12H2,1H3,(H2,21,25,26);1H/t15-,18-,19-;/m0./s1. The lowest BCUT2D eigenvalue weighted by Gasteiger charge is -2.29. The zero-order valence-corrected chi connectivity index (χ0v) is 17.2. The molecular weight excluding hydrogens is 398 g/mol. The molecule has 8 heteroatoms. The zero-order valence-electron chi connectivity index (χ0n) is 15.5. The number of aryl methyl sites for hydroxylation is 1. The molecule has 28 heavy (non-hydrogen) atoms. The second kappa shape index (κ2) is 7.83. The Bertz CT molecular complexity index is 978. The van der Waals surface area contributed by atoms with Gasteiger partial charge in [0.05, 0.1) is 10.9 Å². The van der Waals surface area contributed by atoms with Crippen molar-refractivity contribution >= 4 is 28.3 Å². The highest BCUT2D eigenvalue weighted by molar-refractivity contribution is 7.89. The molecule has 0 bridgehead atoms. The minimum absolute atomic E-state index is 0. The van der Waals surface area contributed by atoms with E-state index in [1.807, 2.05) is 17.0 Å². The number of nitrogens with zero attached hydrogens (tertiary/aromatic N) is 1. The summed E-state index contributed by atoms with van der Waals surface area (Å²) in [5, 5.41) is 8.60. The van der Waals surface area contributed by atoms with Crippen molar-refractivity contribution in [2.45, 2.75) is 17.9 Å². The number of benzene rings is 2. The molecule has 2 fully saturated rings. The molecule has 1 amide bonds. The molecule has 3 N–H and O–H groups in total. The van der Waals surface area contributed by atoms with Crippen molar-refractivity contribution in [3.8, 4) is 0 Å². The van der Waals surface area contributed by atoms with E-state index in [9.17, 15) is 13.2 Å². The van der Waals surface area contributed by atoms with Gasteiger partial charge in [-0.05, 0) is 48.2 Å². The molecule has 0 radical (unpaired) electrons. The summed E-state index contributed by atoms with van der Waals surface area (Å²) in [6, 6.07) is 14.1. The molecule has 0 saturated carbocycles. The number of fused-ring (bicyclic) bond motifs is 1.